The maximum absolute atomic E-state index is 10.6. The quantitative estimate of drug-likeness (QED) is 0.806. The third-order valence-electron chi connectivity index (χ3n) is 2.57. The smallest absolute Gasteiger partial charge is 0.328 e. The van der Waals surface area contributed by atoms with Gasteiger partial charge in [0.15, 0.2) is 0 Å². The van der Waals surface area contributed by atoms with Gasteiger partial charge >= 0.3 is 5.97 Å². The summed E-state index contributed by atoms with van der Waals surface area (Å²) in [6.45, 7) is 2.42. The normalized spacial score (nSPS) is 10.9. The number of thiophene rings is 1. The van der Waals surface area contributed by atoms with Crippen LogP contribution < -0.4 is 4.74 Å². The zero-order valence-corrected chi connectivity index (χ0v) is 13.2. The topological polar surface area (TPSA) is 46.5 Å². The molecule has 20 heavy (non-hydrogen) atoms. The van der Waals surface area contributed by atoms with Gasteiger partial charge in [-0.2, -0.15) is 0 Å². The van der Waals surface area contributed by atoms with Crippen molar-refractivity contribution in [2.45, 2.75) is 13.5 Å². The van der Waals surface area contributed by atoms with E-state index >= 15 is 0 Å². The lowest BCUT2D eigenvalue weighted by Gasteiger charge is -2.09. The van der Waals surface area contributed by atoms with E-state index in [1.807, 2.05) is 37.3 Å². The number of aryl methyl sites for hydroxylation is 1. The molecule has 2 rings (SSSR count). The average molecular weight is 353 g/mol. The SMILES string of the molecule is Cc1ccc(OCc2ccc(Br)s2)c(C=CC(=O)O)c1. The van der Waals surface area contributed by atoms with E-state index in [-0.39, 0.29) is 0 Å². The van der Waals surface area contributed by atoms with Crippen LogP contribution in [0.3, 0.4) is 0 Å². The van der Waals surface area contributed by atoms with Crippen LogP contribution in [0.15, 0.2) is 40.2 Å². The van der Waals surface area contributed by atoms with Gasteiger partial charge in [0.2, 0.25) is 0 Å². The average Bonchev–Trinajstić information content (AvgIpc) is 2.81. The van der Waals surface area contributed by atoms with E-state index in [4.69, 9.17) is 9.84 Å². The summed E-state index contributed by atoms with van der Waals surface area (Å²) >= 11 is 5.02. The molecule has 0 aliphatic rings. The summed E-state index contributed by atoms with van der Waals surface area (Å²) in [5.41, 5.74) is 1.82. The van der Waals surface area contributed by atoms with Gasteiger partial charge in [-0.05, 0) is 53.2 Å². The molecule has 0 aliphatic heterocycles. The number of rotatable bonds is 5. The Hall–Kier alpha value is -1.59. The molecule has 1 aromatic heterocycles. The first kappa shape index (κ1) is 14.8. The fourth-order valence-electron chi connectivity index (χ4n) is 1.67. The third-order valence-corrected chi connectivity index (χ3v) is 4.17. The molecule has 5 heteroatoms. The molecule has 0 radical (unpaired) electrons. The number of benzene rings is 1. The number of halogens is 1. The second kappa shape index (κ2) is 6.72. The molecule has 104 valence electrons. The summed E-state index contributed by atoms with van der Waals surface area (Å²) in [6, 6.07) is 9.68. The Morgan fingerprint density at radius 1 is 1.40 bits per heavy atom. The molecule has 0 amide bonds. The van der Waals surface area contributed by atoms with Crippen LogP contribution in [-0.2, 0) is 11.4 Å². The van der Waals surface area contributed by atoms with Crippen molar-refractivity contribution >= 4 is 39.3 Å². The molecule has 0 atom stereocenters. The molecule has 0 fully saturated rings. The highest BCUT2D eigenvalue weighted by molar-refractivity contribution is 9.11. The van der Waals surface area contributed by atoms with Gasteiger partial charge in [0.25, 0.3) is 0 Å². The van der Waals surface area contributed by atoms with Crippen molar-refractivity contribution < 1.29 is 14.6 Å². The zero-order valence-electron chi connectivity index (χ0n) is 10.8. The van der Waals surface area contributed by atoms with Crippen LogP contribution in [0.1, 0.15) is 16.0 Å². The molecule has 0 aliphatic carbocycles. The minimum Gasteiger partial charge on any atom is -0.487 e. The molecule has 1 aromatic carbocycles. The first-order valence-corrected chi connectivity index (χ1v) is 7.54. The van der Waals surface area contributed by atoms with Gasteiger partial charge in [-0.25, -0.2) is 4.79 Å². The van der Waals surface area contributed by atoms with Crippen molar-refractivity contribution in [2.75, 3.05) is 0 Å². The van der Waals surface area contributed by atoms with E-state index in [1.165, 1.54) is 0 Å². The van der Waals surface area contributed by atoms with Crippen molar-refractivity contribution in [3.8, 4) is 5.75 Å². The van der Waals surface area contributed by atoms with Crippen LogP contribution in [0.5, 0.6) is 5.75 Å². The van der Waals surface area contributed by atoms with Crippen LogP contribution in [0.25, 0.3) is 6.08 Å². The number of hydrogen-bond acceptors (Lipinski definition) is 3. The maximum atomic E-state index is 10.6. The number of carbonyl (C=O) groups is 1. The summed E-state index contributed by atoms with van der Waals surface area (Å²) in [7, 11) is 0. The van der Waals surface area contributed by atoms with Crippen molar-refractivity contribution in [1.82, 2.24) is 0 Å². The minimum absolute atomic E-state index is 0.466. The predicted molar refractivity (Wildman–Crippen MR) is 84.2 cm³/mol. The van der Waals surface area contributed by atoms with Gasteiger partial charge in [0, 0.05) is 16.5 Å². The first-order valence-electron chi connectivity index (χ1n) is 5.93. The van der Waals surface area contributed by atoms with Gasteiger partial charge in [-0.1, -0.05) is 11.6 Å². The van der Waals surface area contributed by atoms with Gasteiger partial charge in [0.1, 0.15) is 12.4 Å². The molecule has 1 heterocycles. The number of ether oxygens (including phenoxy) is 1. The summed E-state index contributed by atoms with van der Waals surface area (Å²) in [6.07, 6.45) is 2.67. The fraction of sp³-hybridized carbons (Fsp3) is 0.133. The molecule has 0 saturated carbocycles. The van der Waals surface area contributed by atoms with E-state index in [1.54, 1.807) is 17.4 Å². The molecule has 0 saturated heterocycles. The Morgan fingerprint density at radius 3 is 2.85 bits per heavy atom. The summed E-state index contributed by atoms with van der Waals surface area (Å²) in [5.74, 6) is -0.294. The second-order valence-electron chi connectivity index (χ2n) is 4.21. The first-order chi connectivity index (χ1) is 9.54. The van der Waals surface area contributed by atoms with Crippen molar-refractivity contribution in [3.63, 3.8) is 0 Å². The second-order valence-corrected chi connectivity index (χ2v) is 6.75. The number of hydrogen-bond donors (Lipinski definition) is 1. The number of carboxylic acid groups (broad SMARTS) is 1. The van der Waals surface area contributed by atoms with Crippen LogP contribution in [0.4, 0.5) is 0 Å². The molecule has 3 nitrogen and oxygen atoms in total. The molecule has 2 aromatic rings. The van der Waals surface area contributed by atoms with Gasteiger partial charge < -0.3 is 9.84 Å². The fourth-order valence-corrected chi connectivity index (χ4v) is 3.07. The minimum atomic E-state index is -0.973. The lowest BCUT2D eigenvalue weighted by Crippen LogP contribution is -1.96. The molecule has 0 unspecified atom stereocenters. The van der Waals surface area contributed by atoms with Gasteiger partial charge in [0.05, 0.1) is 3.79 Å². The standard InChI is InChI=1S/C15H13BrO3S/c1-10-2-5-13(11(8-10)3-7-15(17)18)19-9-12-4-6-14(16)20-12/h2-8H,9H2,1H3,(H,17,18). The van der Waals surface area contributed by atoms with E-state index in [2.05, 4.69) is 15.9 Å². The highest BCUT2D eigenvalue weighted by Gasteiger charge is 2.04. The summed E-state index contributed by atoms with van der Waals surface area (Å²) in [5, 5.41) is 8.71. The highest BCUT2D eigenvalue weighted by atomic mass is 79.9. The summed E-state index contributed by atoms with van der Waals surface area (Å²) in [4.78, 5) is 11.7. The predicted octanol–water partition coefficient (Wildman–Crippen LogP) is 4.50. The third kappa shape index (κ3) is 4.21. The Morgan fingerprint density at radius 2 is 2.20 bits per heavy atom. The van der Waals surface area contributed by atoms with Crippen LogP contribution in [0, 0.1) is 6.92 Å². The van der Waals surface area contributed by atoms with Gasteiger partial charge in [-0.15, -0.1) is 11.3 Å². The van der Waals surface area contributed by atoms with E-state index in [0.29, 0.717) is 12.4 Å². The van der Waals surface area contributed by atoms with Crippen LogP contribution in [0.2, 0.25) is 0 Å². The Labute approximate surface area is 129 Å². The van der Waals surface area contributed by atoms with Crippen LogP contribution >= 0.6 is 27.3 Å². The number of aliphatic carboxylic acids is 1. The van der Waals surface area contributed by atoms with Crippen LogP contribution in [-0.4, -0.2) is 11.1 Å². The molecular weight excluding hydrogens is 340 g/mol. The van der Waals surface area contributed by atoms with E-state index < -0.39 is 5.97 Å². The molecule has 1 N–H and O–H groups in total. The highest BCUT2D eigenvalue weighted by Crippen LogP contribution is 2.26. The van der Waals surface area contributed by atoms with Gasteiger partial charge in [-0.3, -0.25) is 0 Å². The Balaban J connectivity index is 2.15. The monoisotopic (exact) mass is 352 g/mol. The lowest BCUT2D eigenvalue weighted by molar-refractivity contribution is -0.131. The summed E-state index contributed by atoms with van der Waals surface area (Å²) < 4.78 is 6.83. The Bertz CT molecular complexity index is 646. The zero-order chi connectivity index (χ0) is 14.5. The molecular formula is C15H13BrO3S. The van der Waals surface area contributed by atoms with E-state index in [9.17, 15) is 4.79 Å². The van der Waals surface area contributed by atoms with E-state index in [0.717, 1.165) is 25.9 Å². The van der Waals surface area contributed by atoms with Crippen molar-refractivity contribution in [3.05, 3.63) is 56.2 Å². The maximum Gasteiger partial charge on any atom is 0.328 e. The number of carboxylic acids is 1. The Kier molecular flexibility index (Phi) is 4.98. The molecule has 0 bridgehead atoms. The lowest BCUT2D eigenvalue weighted by atomic mass is 10.1. The van der Waals surface area contributed by atoms with Crippen molar-refractivity contribution in [1.29, 1.82) is 0 Å². The van der Waals surface area contributed by atoms with Crippen molar-refractivity contribution in [2.24, 2.45) is 0 Å². The molecule has 0 spiro atoms. The largest absolute Gasteiger partial charge is 0.487 e.